The van der Waals surface area contributed by atoms with Gasteiger partial charge in [-0.2, -0.15) is 0 Å². The molecule has 1 unspecified atom stereocenters. The second-order valence-electron chi connectivity index (χ2n) is 5.48. The molecule has 10 nitrogen and oxygen atoms in total. The van der Waals surface area contributed by atoms with Crippen molar-refractivity contribution in [2.24, 2.45) is 0 Å². The standard InChI is InChI=1S/C15H19N5O5/c21-13-9-19-14(22)8-18-12(15(23)17-6-5-16-13)7-10-1-3-11(4-2-10)20(24)25/h1-4,12,18H,5-9H2,(H,16,21)(H,17,23)(H,19,22). The molecular formula is C15H19N5O5. The molecule has 1 aromatic rings. The summed E-state index contributed by atoms with van der Waals surface area (Å²) >= 11 is 0. The Bertz CT molecular complexity index is 661. The van der Waals surface area contributed by atoms with E-state index in [0.29, 0.717) is 0 Å². The summed E-state index contributed by atoms with van der Waals surface area (Å²) in [5.74, 6) is -1.05. The quantitative estimate of drug-likeness (QED) is 0.385. The molecule has 1 atom stereocenters. The molecule has 1 heterocycles. The van der Waals surface area contributed by atoms with Crippen LogP contribution in [0.15, 0.2) is 24.3 Å². The lowest BCUT2D eigenvalue weighted by Crippen LogP contribution is -2.52. The number of carbonyl (C=O) groups excluding carboxylic acids is 3. The zero-order chi connectivity index (χ0) is 18.2. The largest absolute Gasteiger partial charge is 0.353 e. The van der Waals surface area contributed by atoms with Crippen LogP contribution in [0.25, 0.3) is 0 Å². The molecule has 0 bridgehead atoms. The zero-order valence-corrected chi connectivity index (χ0v) is 13.4. The van der Waals surface area contributed by atoms with Gasteiger partial charge in [-0.1, -0.05) is 12.1 Å². The summed E-state index contributed by atoms with van der Waals surface area (Å²) in [5.41, 5.74) is 0.689. The maximum absolute atomic E-state index is 12.3. The van der Waals surface area contributed by atoms with Gasteiger partial charge in [0, 0.05) is 25.2 Å². The summed E-state index contributed by atoms with van der Waals surface area (Å²) in [6.07, 6.45) is 0.267. The molecule has 0 spiro atoms. The van der Waals surface area contributed by atoms with E-state index in [1.807, 2.05) is 0 Å². The van der Waals surface area contributed by atoms with Crippen LogP contribution >= 0.6 is 0 Å². The smallest absolute Gasteiger partial charge is 0.269 e. The number of amides is 3. The van der Waals surface area contributed by atoms with Gasteiger partial charge >= 0.3 is 0 Å². The first-order chi connectivity index (χ1) is 12.0. The molecule has 0 aliphatic carbocycles. The van der Waals surface area contributed by atoms with Gasteiger partial charge in [-0.25, -0.2) is 0 Å². The van der Waals surface area contributed by atoms with Gasteiger partial charge in [0.05, 0.1) is 24.1 Å². The van der Waals surface area contributed by atoms with Crippen molar-refractivity contribution in [3.8, 4) is 0 Å². The van der Waals surface area contributed by atoms with Crippen molar-refractivity contribution in [1.29, 1.82) is 0 Å². The zero-order valence-electron chi connectivity index (χ0n) is 13.4. The van der Waals surface area contributed by atoms with Crippen LogP contribution in [0.3, 0.4) is 0 Å². The van der Waals surface area contributed by atoms with Crippen LogP contribution in [0.4, 0.5) is 5.69 Å². The fourth-order valence-corrected chi connectivity index (χ4v) is 2.28. The van der Waals surface area contributed by atoms with E-state index in [1.54, 1.807) is 12.1 Å². The molecule has 1 aliphatic heterocycles. The third-order valence-corrected chi connectivity index (χ3v) is 3.61. The van der Waals surface area contributed by atoms with Gasteiger partial charge < -0.3 is 16.0 Å². The average molecular weight is 349 g/mol. The fraction of sp³-hybridized carbons (Fsp3) is 0.400. The number of benzene rings is 1. The van der Waals surface area contributed by atoms with Gasteiger partial charge in [0.2, 0.25) is 17.7 Å². The van der Waals surface area contributed by atoms with E-state index in [0.717, 1.165) is 5.56 Å². The number of carbonyl (C=O) groups is 3. The summed E-state index contributed by atoms with van der Waals surface area (Å²) < 4.78 is 0. The van der Waals surface area contributed by atoms with Crippen molar-refractivity contribution in [2.75, 3.05) is 26.2 Å². The summed E-state index contributed by atoms with van der Waals surface area (Å²) in [5, 5.41) is 21.2. The van der Waals surface area contributed by atoms with Crippen molar-refractivity contribution in [3.05, 3.63) is 39.9 Å². The predicted molar refractivity (Wildman–Crippen MR) is 87.6 cm³/mol. The Hall–Kier alpha value is -3.01. The van der Waals surface area contributed by atoms with E-state index in [-0.39, 0.29) is 50.1 Å². The highest BCUT2D eigenvalue weighted by Gasteiger charge is 2.20. The first-order valence-electron chi connectivity index (χ1n) is 7.73. The third kappa shape index (κ3) is 5.84. The van der Waals surface area contributed by atoms with Crippen molar-refractivity contribution >= 4 is 23.4 Å². The highest BCUT2D eigenvalue weighted by Crippen LogP contribution is 2.13. The number of nitro benzene ring substituents is 1. The number of nitro groups is 1. The van der Waals surface area contributed by atoms with Crippen molar-refractivity contribution in [3.63, 3.8) is 0 Å². The maximum Gasteiger partial charge on any atom is 0.269 e. The molecule has 0 radical (unpaired) electrons. The number of non-ortho nitro benzene ring substituents is 1. The highest BCUT2D eigenvalue weighted by molar-refractivity contribution is 5.87. The number of hydrogen-bond donors (Lipinski definition) is 4. The van der Waals surface area contributed by atoms with Gasteiger partial charge in [-0.15, -0.1) is 0 Å². The second kappa shape index (κ2) is 8.73. The molecule has 1 saturated heterocycles. The second-order valence-corrected chi connectivity index (χ2v) is 5.48. The fourth-order valence-electron chi connectivity index (χ4n) is 2.28. The van der Waals surface area contributed by atoms with E-state index < -0.39 is 16.9 Å². The molecule has 0 aromatic heterocycles. The topological polar surface area (TPSA) is 142 Å². The summed E-state index contributed by atoms with van der Waals surface area (Å²) in [6.45, 7) is 0.265. The van der Waals surface area contributed by atoms with Crippen molar-refractivity contribution in [2.45, 2.75) is 12.5 Å². The van der Waals surface area contributed by atoms with Crippen LogP contribution < -0.4 is 21.3 Å². The Labute approximate surface area is 143 Å². The Morgan fingerprint density at radius 2 is 1.60 bits per heavy atom. The SMILES string of the molecule is O=C1CNC(=O)CNC(Cc2ccc([N+](=O)[O-])cc2)C(=O)NCCN1. The van der Waals surface area contributed by atoms with Crippen LogP contribution in [0, 0.1) is 10.1 Å². The molecule has 1 fully saturated rings. The van der Waals surface area contributed by atoms with Crippen molar-refractivity contribution < 1.29 is 19.3 Å². The molecule has 1 aromatic carbocycles. The van der Waals surface area contributed by atoms with E-state index in [9.17, 15) is 24.5 Å². The average Bonchev–Trinajstić information content (AvgIpc) is 2.59. The molecule has 4 N–H and O–H groups in total. The number of nitrogens with zero attached hydrogens (tertiary/aromatic N) is 1. The Morgan fingerprint density at radius 1 is 0.960 bits per heavy atom. The van der Waals surface area contributed by atoms with E-state index in [4.69, 9.17) is 0 Å². The minimum atomic E-state index is -0.678. The number of hydrogen-bond acceptors (Lipinski definition) is 6. The van der Waals surface area contributed by atoms with E-state index >= 15 is 0 Å². The highest BCUT2D eigenvalue weighted by atomic mass is 16.6. The maximum atomic E-state index is 12.3. The van der Waals surface area contributed by atoms with Crippen LogP contribution in [0.5, 0.6) is 0 Å². The Morgan fingerprint density at radius 3 is 2.28 bits per heavy atom. The van der Waals surface area contributed by atoms with Gasteiger partial charge in [0.15, 0.2) is 0 Å². The Kier molecular flexibility index (Phi) is 6.40. The van der Waals surface area contributed by atoms with Crippen LogP contribution in [-0.2, 0) is 20.8 Å². The molecular weight excluding hydrogens is 330 g/mol. The molecule has 1 aliphatic rings. The first-order valence-corrected chi connectivity index (χ1v) is 7.73. The molecule has 2 rings (SSSR count). The number of rotatable bonds is 3. The van der Waals surface area contributed by atoms with Crippen LogP contribution in [-0.4, -0.2) is 54.9 Å². The van der Waals surface area contributed by atoms with Crippen LogP contribution in [0.2, 0.25) is 0 Å². The monoisotopic (exact) mass is 349 g/mol. The summed E-state index contributed by atoms with van der Waals surface area (Å²) in [6, 6.07) is 5.20. The molecule has 3 amide bonds. The molecule has 134 valence electrons. The molecule has 0 saturated carbocycles. The molecule has 10 heteroatoms. The van der Waals surface area contributed by atoms with Crippen molar-refractivity contribution in [1.82, 2.24) is 21.3 Å². The van der Waals surface area contributed by atoms with E-state index in [1.165, 1.54) is 12.1 Å². The first kappa shape index (κ1) is 18.3. The van der Waals surface area contributed by atoms with E-state index in [2.05, 4.69) is 21.3 Å². The third-order valence-electron chi connectivity index (χ3n) is 3.61. The summed E-state index contributed by atoms with van der Waals surface area (Å²) in [7, 11) is 0. The van der Waals surface area contributed by atoms with Gasteiger partial charge in [-0.05, 0) is 12.0 Å². The normalized spacial score (nSPS) is 19.7. The molecule has 25 heavy (non-hydrogen) atoms. The minimum Gasteiger partial charge on any atom is -0.353 e. The Balaban J connectivity index is 2.04. The van der Waals surface area contributed by atoms with Gasteiger partial charge in [0.1, 0.15) is 0 Å². The lowest BCUT2D eigenvalue weighted by atomic mass is 10.0. The lowest BCUT2D eigenvalue weighted by molar-refractivity contribution is -0.384. The van der Waals surface area contributed by atoms with Gasteiger partial charge in [0.25, 0.3) is 5.69 Å². The number of nitrogens with one attached hydrogen (secondary N) is 4. The predicted octanol–water partition coefficient (Wildman–Crippen LogP) is -1.54. The van der Waals surface area contributed by atoms with Gasteiger partial charge in [-0.3, -0.25) is 29.8 Å². The van der Waals surface area contributed by atoms with Crippen LogP contribution in [0.1, 0.15) is 5.56 Å². The minimum absolute atomic E-state index is 0.0324. The lowest BCUT2D eigenvalue weighted by Gasteiger charge is -2.19. The summed E-state index contributed by atoms with van der Waals surface area (Å²) in [4.78, 5) is 45.6.